The number of para-hydroxylation sites is 2. The molecule has 0 atom stereocenters. The summed E-state index contributed by atoms with van der Waals surface area (Å²) >= 11 is 0.882. The number of thioether (sulfide) groups is 1. The number of carbonyl (C=O) groups is 3. The van der Waals surface area contributed by atoms with Crippen molar-refractivity contribution >= 4 is 34.9 Å². The average molecular weight is 593 g/mol. The summed E-state index contributed by atoms with van der Waals surface area (Å²) in [5, 5.41) is 2.97. The highest BCUT2D eigenvalue weighted by atomic mass is 32.2. The fraction of sp³-hybridized carbons (Fsp3) is 0.469. The molecule has 1 aliphatic heterocycles. The number of amides is 3. The lowest BCUT2D eigenvalue weighted by molar-refractivity contribution is -0.129. The van der Waals surface area contributed by atoms with E-state index in [1.54, 1.807) is 43.5 Å². The molecule has 1 N–H and O–H groups in total. The van der Waals surface area contributed by atoms with Gasteiger partial charge in [0.05, 0.1) is 25.7 Å². The molecular weight excluding hydrogens is 556 g/mol. The van der Waals surface area contributed by atoms with E-state index in [4.69, 9.17) is 18.9 Å². The molecule has 0 unspecified atom stereocenters. The summed E-state index contributed by atoms with van der Waals surface area (Å²) in [6, 6.07) is 12.4. The van der Waals surface area contributed by atoms with Gasteiger partial charge in [-0.25, -0.2) is 0 Å². The number of nitrogens with one attached hydrogen (secondary N) is 1. The molecule has 42 heavy (non-hydrogen) atoms. The number of hydrogen-bond donors (Lipinski definition) is 1. The van der Waals surface area contributed by atoms with Crippen LogP contribution in [0, 0.1) is 17.8 Å². The normalized spacial score (nSPS) is 27.0. The Hall–Kier alpha value is -3.66. The zero-order valence-corrected chi connectivity index (χ0v) is 24.7. The summed E-state index contributed by atoms with van der Waals surface area (Å²) in [4.78, 5) is 39.9. The van der Waals surface area contributed by atoms with Gasteiger partial charge in [-0.2, -0.15) is 0 Å². The summed E-state index contributed by atoms with van der Waals surface area (Å²) in [6.45, 7) is 0.163. The minimum absolute atomic E-state index is 0.0628. The summed E-state index contributed by atoms with van der Waals surface area (Å²) in [6.07, 6.45) is 8.87. The first-order valence-corrected chi connectivity index (χ1v) is 15.3. The van der Waals surface area contributed by atoms with E-state index >= 15 is 0 Å². The molecule has 0 spiro atoms. The zero-order chi connectivity index (χ0) is 29.3. The van der Waals surface area contributed by atoms with Crippen LogP contribution in [-0.4, -0.2) is 61.5 Å². The second kappa shape index (κ2) is 11.9. The Bertz CT molecular complexity index is 1370. The van der Waals surface area contributed by atoms with Crippen LogP contribution in [0.25, 0.3) is 6.08 Å². The van der Waals surface area contributed by atoms with Gasteiger partial charge in [-0.15, -0.1) is 0 Å². The minimum atomic E-state index is -0.380. The molecule has 2 aromatic carbocycles. The Kier molecular flexibility index (Phi) is 8.07. The van der Waals surface area contributed by atoms with Gasteiger partial charge in [0.25, 0.3) is 17.1 Å². The third kappa shape index (κ3) is 5.95. The number of ether oxygens (including phenoxy) is 4. The van der Waals surface area contributed by atoms with Crippen LogP contribution >= 0.6 is 11.8 Å². The van der Waals surface area contributed by atoms with E-state index in [9.17, 15) is 14.4 Å². The predicted molar refractivity (Wildman–Crippen MR) is 159 cm³/mol. The smallest absolute Gasteiger partial charge is 0.293 e. The number of benzene rings is 2. The van der Waals surface area contributed by atoms with Gasteiger partial charge < -0.3 is 24.3 Å². The average Bonchev–Trinajstić information content (AvgIpc) is 3.23. The third-order valence-corrected chi connectivity index (χ3v) is 9.71. The van der Waals surface area contributed by atoms with E-state index in [2.05, 4.69) is 5.32 Å². The molecule has 3 amide bonds. The molecule has 4 bridgehead atoms. The van der Waals surface area contributed by atoms with E-state index in [1.165, 1.54) is 31.3 Å². The summed E-state index contributed by atoms with van der Waals surface area (Å²) in [7, 11) is 3.08. The maximum absolute atomic E-state index is 13.0. The standard InChI is InChI=1S/C32H36N2O7S/c1-38-24-5-3-4-6-25(24)40-10-9-34-30(36)28(42-31(34)37)15-20-7-8-26(27(14-20)39-2)41-19-29(35)33-32-16-21-11-22(17-32)13-23(12-21)18-32/h3-8,14-15,21-23H,9-13,16-19H2,1-2H3,(H,33,35)/b28-15-. The molecular formula is C32H36N2O7S. The quantitative estimate of drug-likeness (QED) is 0.352. The fourth-order valence-corrected chi connectivity index (χ4v) is 8.33. The monoisotopic (exact) mass is 592 g/mol. The Morgan fingerprint density at radius 1 is 0.929 bits per heavy atom. The van der Waals surface area contributed by atoms with Crippen molar-refractivity contribution in [3.8, 4) is 23.0 Å². The van der Waals surface area contributed by atoms with Crippen LogP contribution in [0.1, 0.15) is 44.1 Å². The highest BCUT2D eigenvalue weighted by Crippen LogP contribution is 2.55. The first kappa shape index (κ1) is 28.5. The van der Waals surface area contributed by atoms with Crippen molar-refractivity contribution in [3.05, 3.63) is 52.9 Å². The van der Waals surface area contributed by atoms with Crippen molar-refractivity contribution in [2.24, 2.45) is 17.8 Å². The number of hydrogen-bond acceptors (Lipinski definition) is 8. The van der Waals surface area contributed by atoms with Gasteiger partial charge in [-0.1, -0.05) is 18.2 Å². The summed E-state index contributed by atoms with van der Waals surface area (Å²) < 4.78 is 22.4. The molecule has 4 saturated carbocycles. The molecule has 7 rings (SSSR count). The van der Waals surface area contributed by atoms with Crippen molar-refractivity contribution in [2.45, 2.75) is 44.1 Å². The van der Waals surface area contributed by atoms with Gasteiger partial charge in [0.1, 0.15) is 6.61 Å². The number of imide groups is 1. The molecule has 4 aliphatic carbocycles. The second-order valence-corrected chi connectivity index (χ2v) is 12.8. The molecule has 9 nitrogen and oxygen atoms in total. The summed E-state index contributed by atoms with van der Waals surface area (Å²) in [5.74, 6) is 3.77. The van der Waals surface area contributed by atoms with E-state index in [1.807, 2.05) is 12.1 Å². The Balaban J connectivity index is 1.04. The number of carbonyl (C=O) groups excluding carboxylic acids is 3. The molecule has 0 aromatic heterocycles. The maximum Gasteiger partial charge on any atom is 0.293 e. The minimum Gasteiger partial charge on any atom is -0.493 e. The molecule has 5 fully saturated rings. The molecule has 222 valence electrons. The van der Waals surface area contributed by atoms with E-state index in [0.717, 1.165) is 48.8 Å². The SMILES string of the molecule is COc1ccccc1OCCN1C(=O)S/C(=C\c2ccc(OCC(=O)NC34CC5CC(CC(C5)C3)C4)c(OC)c2)C1=O. The number of rotatable bonds is 11. The first-order valence-electron chi connectivity index (χ1n) is 14.5. The fourth-order valence-electron chi connectivity index (χ4n) is 7.46. The molecule has 2 aromatic rings. The van der Waals surface area contributed by atoms with Gasteiger partial charge in [-0.05, 0) is 104 Å². The van der Waals surface area contributed by atoms with Crippen molar-refractivity contribution in [2.75, 3.05) is 34.0 Å². The van der Waals surface area contributed by atoms with Crippen LogP contribution in [0.5, 0.6) is 23.0 Å². The van der Waals surface area contributed by atoms with Gasteiger partial charge in [-0.3, -0.25) is 19.3 Å². The molecule has 1 saturated heterocycles. The van der Waals surface area contributed by atoms with Gasteiger partial charge in [0.2, 0.25) is 0 Å². The Morgan fingerprint density at radius 3 is 2.24 bits per heavy atom. The number of nitrogens with zero attached hydrogens (tertiary/aromatic N) is 1. The molecule has 0 radical (unpaired) electrons. The molecule has 5 aliphatic rings. The van der Waals surface area contributed by atoms with E-state index < -0.39 is 0 Å². The molecule has 10 heteroatoms. The van der Waals surface area contributed by atoms with Crippen LogP contribution in [0.3, 0.4) is 0 Å². The third-order valence-electron chi connectivity index (χ3n) is 8.80. The van der Waals surface area contributed by atoms with Gasteiger partial charge in [0, 0.05) is 5.54 Å². The van der Waals surface area contributed by atoms with Crippen LogP contribution < -0.4 is 24.3 Å². The lowest BCUT2D eigenvalue weighted by atomic mass is 9.53. The predicted octanol–water partition coefficient (Wildman–Crippen LogP) is 5.28. The molecule has 1 heterocycles. The zero-order valence-electron chi connectivity index (χ0n) is 23.9. The highest BCUT2D eigenvalue weighted by molar-refractivity contribution is 8.18. The Morgan fingerprint density at radius 2 is 1.57 bits per heavy atom. The highest BCUT2D eigenvalue weighted by Gasteiger charge is 2.51. The van der Waals surface area contributed by atoms with E-state index in [0.29, 0.717) is 33.5 Å². The maximum atomic E-state index is 13.0. The largest absolute Gasteiger partial charge is 0.493 e. The lowest BCUT2D eigenvalue weighted by Gasteiger charge is -2.56. The van der Waals surface area contributed by atoms with Crippen LogP contribution in [0.4, 0.5) is 4.79 Å². The van der Waals surface area contributed by atoms with Crippen LogP contribution in [0.15, 0.2) is 47.4 Å². The van der Waals surface area contributed by atoms with Crippen LogP contribution in [0.2, 0.25) is 0 Å². The van der Waals surface area contributed by atoms with Gasteiger partial charge in [0.15, 0.2) is 29.6 Å². The topological polar surface area (TPSA) is 103 Å². The van der Waals surface area contributed by atoms with Crippen molar-refractivity contribution in [1.82, 2.24) is 10.2 Å². The van der Waals surface area contributed by atoms with Crippen LogP contribution in [-0.2, 0) is 9.59 Å². The van der Waals surface area contributed by atoms with E-state index in [-0.39, 0.29) is 42.4 Å². The van der Waals surface area contributed by atoms with Gasteiger partial charge >= 0.3 is 0 Å². The van der Waals surface area contributed by atoms with Crippen molar-refractivity contribution in [1.29, 1.82) is 0 Å². The van der Waals surface area contributed by atoms with Crippen molar-refractivity contribution < 1.29 is 33.3 Å². The lowest BCUT2D eigenvalue weighted by Crippen LogP contribution is -2.60. The Labute approximate surface area is 249 Å². The number of methoxy groups -OCH3 is 2. The second-order valence-electron chi connectivity index (χ2n) is 11.8. The van der Waals surface area contributed by atoms with Crippen molar-refractivity contribution in [3.63, 3.8) is 0 Å². The summed E-state index contributed by atoms with van der Waals surface area (Å²) in [5.41, 5.74) is 0.611. The first-order chi connectivity index (χ1) is 20.3.